The fraction of sp³-hybridized carbons (Fsp3) is 0.429. The third-order valence-corrected chi connectivity index (χ3v) is 4.07. The van der Waals surface area contributed by atoms with E-state index in [1.165, 1.54) is 11.8 Å². The molecule has 2 rings (SSSR count). The summed E-state index contributed by atoms with van der Waals surface area (Å²) in [5.41, 5.74) is 1.21. The lowest BCUT2D eigenvalue weighted by molar-refractivity contribution is 0.0913. The Morgan fingerprint density at radius 1 is 1.50 bits per heavy atom. The van der Waals surface area contributed by atoms with Crippen molar-refractivity contribution in [3.8, 4) is 0 Å². The average Bonchev–Trinajstić information content (AvgIpc) is 2.85. The predicted octanol–water partition coefficient (Wildman–Crippen LogP) is 1.80. The van der Waals surface area contributed by atoms with E-state index in [1.807, 2.05) is 48.9 Å². The second kappa shape index (κ2) is 6.28. The van der Waals surface area contributed by atoms with Gasteiger partial charge in [0.25, 0.3) is 5.91 Å². The van der Waals surface area contributed by atoms with Gasteiger partial charge in [-0.2, -0.15) is 0 Å². The molecular formula is C14H19N3O2S. The van der Waals surface area contributed by atoms with Crippen molar-refractivity contribution in [3.05, 3.63) is 30.1 Å². The summed E-state index contributed by atoms with van der Waals surface area (Å²) in [6, 6.07) is 5.57. The molecule has 6 heteroatoms. The summed E-state index contributed by atoms with van der Waals surface area (Å²) in [5.74, 6) is -0.199. The molecule has 2 aromatic heterocycles. The molecule has 2 atom stereocenters. The number of carbonyl (C=O) groups is 1. The number of pyridine rings is 1. The molecule has 2 heterocycles. The maximum absolute atomic E-state index is 12.3. The van der Waals surface area contributed by atoms with Crippen LogP contribution in [0.15, 0.2) is 29.6 Å². The Morgan fingerprint density at radius 2 is 2.25 bits per heavy atom. The van der Waals surface area contributed by atoms with E-state index < -0.39 is 0 Å². The van der Waals surface area contributed by atoms with Gasteiger partial charge in [-0.1, -0.05) is 24.8 Å². The third-order valence-electron chi connectivity index (χ3n) is 3.41. The Bertz CT molecular complexity index is 611. The number of imidazole rings is 1. The zero-order valence-electron chi connectivity index (χ0n) is 11.8. The number of nitrogens with one attached hydrogen (secondary N) is 1. The Balaban J connectivity index is 2.31. The highest BCUT2D eigenvalue weighted by Gasteiger charge is 2.20. The zero-order valence-corrected chi connectivity index (χ0v) is 12.6. The van der Waals surface area contributed by atoms with Gasteiger partial charge in [0.1, 0.15) is 0 Å². The first-order valence-corrected chi connectivity index (χ1v) is 7.73. The van der Waals surface area contributed by atoms with Crippen LogP contribution in [0.5, 0.6) is 0 Å². The van der Waals surface area contributed by atoms with E-state index in [-0.39, 0.29) is 24.5 Å². The third kappa shape index (κ3) is 2.81. The van der Waals surface area contributed by atoms with Gasteiger partial charge in [-0.25, -0.2) is 4.98 Å². The van der Waals surface area contributed by atoms with Crippen molar-refractivity contribution in [1.29, 1.82) is 0 Å². The minimum absolute atomic E-state index is 0.00727. The molecule has 2 unspecified atom stereocenters. The van der Waals surface area contributed by atoms with E-state index in [2.05, 4.69) is 10.3 Å². The van der Waals surface area contributed by atoms with Gasteiger partial charge in [0.05, 0.1) is 5.52 Å². The van der Waals surface area contributed by atoms with Crippen molar-refractivity contribution in [1.82, 2.24) is 14.7 Å². The second-order valence-electron chi connectivity index (χ2n) is 4.82. The molecule has 0 aliphatic carbocycles. The number of thioether (sulfide) groups is 1. The van der Waals surface area contributed by atoms with E-state index in [9.17, 15) is 4.79 Å². The number of hydrogen-bond acceptors (Lipinski definition) is 4. The van der Waals surface area contributed by atoms with Crippen LogP contribution in [0, 0.1) is 5.92 Å². The van der Waals surface area contributed by atoms with E-state index in [1.54, 1.807) is 0 Å². The summed E-state index contributed by atoms with van der Waals surface area (Å²) in [6.45, 7) is 3.82. The number of rotatable bonds is 5. The molecule has 5 nitrogen and oxygen atoms in total. The van der Waals surface area contributed by atoms with Gasteiger partial charge in [-0.15, -0.1) is 0 Å². The molecule has 0 spiro atoms. The minimum atomic E-state index is -0.207. The summed E-state index contributed by atoms with van der Waals surface area (Å²) >= 11 is 1.50. The molecule has 2 N–H and O–H groups in total. The predicted molar refractivity (Wildman–Crippen MR) is 80.2 cm³/mol. The van der Waals surface area contributed by atoms with Crippen LogP contribution in [0.1, 0.15) is 24.3 Å². The maximum atomic E-state index is 12.3. The molecule has 0 radical (unpaired) electrons. The molecule has 0 saturated carbocycles. The topological polar surface area (TPSA) is 66.6 Å². The summed E-state index contributed by atoms with van der Waals surface area (Å²) in [4.78, 5) is 16.7. The van der Waals surface area contributed by atoms with Crippen molar-refractivity contribution in [2.24, 2.45) is 5.92 Å². The van der Waals surface area contributed by atoms with Crippen molar-refractivity contribution in [2.75, 3.05) is 12.9 Å². The van der Waals surface area contributed by atoms with Crippen molar-refractivity contribution in [2.45, 2.75) is 25.0 Å². The SMILES string of the molecule is CSc1nc(C(=O)NC(C)C(C)CO)c2ccccn12. The molecule has 0 bridgehead atoms. The zero-order chi connectivity index (χ0) is 14.7. The number of aliphatic hydroxyl groups excluding tert-OH is 1. The largest absolute Gasteiger partial charge is 0.396 e. The second-order valence-corrected chi connectivity index (χ2v) is 5.60. The van der Waals surface area contributed by atoms with Crippen molar-refractivity contribution >= 4 is 23.2 Å². The molecule has 20 heavy (non-hydrogen) atoms. The maximum Gasteiger partial charge on any atom is 0.272 e. The first kappa shape index (κ1) is 14.9. The number of aliphatic hydroxyl groups is 1. The van der Waals surface area contributed by atoms with E-state index in [0.717, 1.165) is 10.7 Å². The fourth-order valence-electron chi connectivity index (χ4n) is 1.90. The summed E-state index contributed by atoms with van der Waals surface area (Å²) in [6.07, 6.45) is 3.82. The standard InChI is InChI=1S/C14H19N3O2S/c1-9(8-18)10(2)15-13(19)12-11-6-4-5-7-17(11)14(16-12)20-3/h4-7,9-10,18H,8H2,1-3H3,(H,15,19). The molecule has 0 aliphatic heterocycles. The smallest absolute Gasteiger partial charge is 0.272 e. The van der Waals surface area contributed by atoms with Gasteiger partial charge in [0.2, 0.25) is 0 Å². The van der Waals surface area contributed by atoms with Crippen LogP contribution in [0.3, 0.4) is 0 Å². The molecule has 108 valence electrons. The highest BCUT2D eigenvalue weighted by molar-refractivity contribution is 7.98. The van der Waals surface area contributed by atoms with Gasteiger partial charge in [-0.3, -0.25) is 9.20 Å². The summed E-state index contributed by atoms with van der Waals surface area (Å²) < 4.78 is 1.90. The van der Waals surface area contributed by atoms with Crippen LogP contribution in [0.4, 0.5) is 0 Å². The Labute approximate surface area is 122 Å². The highest BCUT2D eigenvalue weighted by atomic mass is 32.2. The summed E-state index contributed by atoms with van der Waals surface area (Å²) in [5, 5.41) is 12.8. The molecule has 2 aromatic rings. The van der Waals surface area contributed by atoms with Gasteiger partial charge in [0, 0.05) is 18.8 Å². The summed E-state index contributed by atoms with van der Waals surface area (Å²) in [7, 11) is 0. The van der Waals surface area contributed by atoms with Crippen LogP contribution in [-0.4, -0.2) is 39.3 Å². The number of aromatic nitrogens is 2. The van der Waals surface area contributed by atoms with Crippen molar-refractivity contribution < 1.29 is 9.90 Å². The Morgan fingerprint density at radius 3 is 2.90 bits per heavy atom. The number of amides is 1. The van der Waals surface area contributed by atoms with Gasteiger partial charge < -0.3 is 10.4 Å². The quantitative estimate of drug-likeness (QED) is 0.825. The molecule has 0 aliphatic rings. The normalized spacial score (nSPS) is 14.2. The Hall–Kier alpha value is -1.53. The van der Waals surface area contributed by atoms with Gasteiger partial charge in [-0.05, 0) is 31.2 Å². The Kier molecular flexibility index (Phi) is 4.67. The van der Waals surface area contributed by atoms with Crippen LogP contribution >= 0.6 is 11.8 Å². The first-order valence-electron chi connectivity index (χ1n) is 6.51. The molecule has 0 fully saturated rings. The highest BCUT2D eigenvalue weighted by Crippen LogP contribution is 2.20. The molecular weight excluding hydrogens is 274 g/mol. The number of fused-ring (bicyclic) bond motifs is 1. The lowest BCUT2D eigenvalue weighted by Crippen LogP contribution is -2.38. The number of nitrogens with zero attached hydrogens (tertiary/aromatic N) is 2. The monoisotopic (exact) mass is 293 g/mol. The number of hydrogen-bond donors (Lipinski definition) is 2. The number of carbonyl (C=O) groups excluding carboxylic acids is 1. The van der Waals surface area contributed by atoms with E-state index in [0.29, 0.717) is 5.69 Å². The van der Waals surface area contributed by atoms with E-state index in [4.69, 9.17) is 5.11 Å². The fourth-order valence-corrected chi connectivity index (χ4v) is 2.43. The van der Waals surface area contributed by atoms with Crippen LogP contribution in [0.2, 0.25) is 0 Å². The molecule has 0 aromatic carbocycles. The first-order chi connectivity index (χ1) is 9.58. The van der Waals surface area contributed by atoms with Gasteiger partial charge in [0.15, 0.2) is 10.9 Å². The van der Waals surface area contributed by atoms with E-state index >= 15 is 0 Å². The lowest BCUT2D eigenvalue weighted by Gasteiger charge is -2.18. The van der Waals surface area contributed by atoms with Crippen LogP contribution < -0.4 is 5.32 Å². The molecule has 0 saturated heterocycles. The lowest BCUT2D eigenvalue weighted by atomic mass is 10.1. The average molecular weight is 293 g/mol. The van der Waals surface area contributed by atoms with Crippen molar-refractivity contribution in [3.63, 3.8) is 0 Å². The molecule has 1 amide bonds. The van der Waals surface area contributed by atoms with Crippen LogP contribution in [0.25, 0.3) is 5.52 Å². The van der Waals surface area contributed by atoms with Gasteiger partial charge >= 0.3 is 0 Å². The van der Waals surface area contributed by atoms with Crippen LogP contribution in [-0.2, 0) is 0 Å². The minimum Gasteiger partial charge on any atom is -0.396 e.